The van der Waals surface area contributed by atoms with E-state index >= 15 is 0 Å². The van der Waals surface area contributed by atoms with E-state index in [-0.39, 0.29) is 23.6 Å². The molecule has 7 nitrogen and oxygen atoms in total. The Labute approximate surface area is 164 Å². The first kappa shape index (κ1) is 22.0. The maximum atomic E-state index is 12.9. The minimum atomic E-state index is -4.71. The summed E-state index contributed by atoms with van der Waals surface area (Å²) in [5, 5.41) is 2.54. The van der Waals surface area contributed by atoms with Crippen LogP contribution in [-0.4, -0.2) is 48.6 Å². The quantitative estimate of drug-likeness (QED) is 0.704. The van der Waals surface area contributed by atoms with Crippen LogP contribution in [0.5, 0.6) is 0 Å². The molecule has 0 aliphatic carbocycles. The second-order valence-corrected chi connectivity index (χ2v) is 6.04. The van der Waals surface area contributed by atoms with Crippen molar-refractivity contribution < 1.29 is 36.7 Å². The van der Waals surface area contributed by atoms with Crippen molar-refractivity contribution in [3.63, 3.8) is 0 Å². The van der Waals surface area contributed by atoms with E-state index in [1.54, 1.807) is 6.92 Å². The molecule has 0 aliphatic heterocycles. The fraction of sp³-hybridized carbons (Fsp3) is 0.316. The Morgan fingerprint density at radius 1 is 1.21 bits per heavy atom. The third-order valence-corrected chi connectivity index (χ3v) is 3.76. The number of aryl methyl sites for hydroxylation is 1. The number of hydrogen-bond donors (Lipinski definition) is 1. The van der Waals surface area contributed by atoms with Gasteiger partial charge in [0, 0.05) is 11.3 Å². The molecule has 29 heavy (non-hydrogen) atoms. The van der Waals surface area contributed by atoms with E-state index in [1.807, 2.05) is 0 Å². The monoisotopic (exact) mass is 412 g/mol. The Hall–Kier alpha value is -3.30. The Bertz CT molecular complexity index is 878. The Morgan fingerprint density at radius 3 is 2.52 bits per heavy atom. The molecule has 1 aromatic heterocycles. The van der Waals surface area contributed by atoms with Gasteiger partial charge in [-0.05, 0) is 43.7 Å². The van der Waals surface area contributed by atoms with Gasteiger partial charge in [-0.25, -0.2) is 0 Å². The van der Waals surface area contributed by atoms with Crippen molar-refractivity contribution in [2.75, 3.05) is 25.0 Å². The van der Waals surface area contributed by atoms with Crippen LogP contribution in [0.4, 0.5) is 18.9 Å². The third kappa shape index (κ3) is 6.37. The van der Waals surface area contributed by atoms with Crippen LogP contribution in [0.25, 0.3) is 0 Å². The second kappa shape index (κ2) is 9.26. The third-order valence-electron chi connectivity index (χ3n) is 3.76. The van der Waals surface area contributed by atoms with Gasteiger partial charge in [-0.1, -0.05) is 6.07 Å². The number of hydrogen-bond acceptors (Lipinski definition) is 5. The van der Waals surface area contributed by atoms with Gasteiger partial charge in [-0.15, -0.1) is 0 Å². The summed E-state index contributed by atoms with van der Waals surface area (Å²) in [6, 6.07) is 6.99. The minimum Gasteiger partial charge on any atom is -0.465 e. The van der Waals surface area contributed by atoms with Gasteiger partial charge in [0.2, 0.25) is 0 Å². The summed E-state index contributed by atoms with van der Waals surface area (Å²) in [5.41, 5.74) is 0.674. The standard InChI is InChI=1S/C19H19F3N2O5/c1-3-28-16(25)10-24(11-19(20,21)22)18(27)13-7-6-12(2)14(9-13)23-17(26)15-5-4-8-29-15/h4-9H,3,10-11H2,1-2H3,(H,23,26). The van der Waals surface area contributed by atoms with Crippen LogP contribution in [0, 0.1) is 6.92 Å². The first-order valence-corrected chi connectivity index (χ1v) is 8.58. The molecular weight excluding hydrogens is 393 g/mol. The lowest BCUT2D eigenvalue weighted by atomic mass is 10.1. The van der Waals surface area contributed by atoms with E-state index in [1.165, 1.54) is 43.5 Å². The smallest absolute Gasteiger partial charge is 0.406 e. The lowest BCUT2D eigenvalue weighted by Crippen LogP contribution is -2.42. The van der Waals surface area contributed by atoms with Crippen molar-refractivity contribution in [2.24, 2.45) is 0 Å². The molecular formula is C19H19F3N2O5. The van der Waals surface area contributed by atoms with Crippen molar-refractivity contribution in [1.29, 1.82) is 0 Å². The number of esters is 1. The van der Waals surface area contributed by atoms with Crippen LogP contribution in [0.15, 0.2) is 41.0 Å². The zero-order valence-corrected chi connectivity index (χ0v) is 15.7. The molecule has 2 amide bonds. The van der Waals surface area contributed by atoms with Crippen molar-refractivity contribution in [3.8, 4) is 0 Å². The lowest BCUT2D eigenvalue weighted by Gasteiger charge is -2.23. The van der Waals surface area contributed by atoms with E-state index < -0.39 is 37.0 Å². The molecule has 1 heterocycles. The first-order valence-electron chi connectivity index (χ1n) is 8.58. The number of carbonyl (C=O) groups excluding carboxylic acids is 3. The van der Waals surface area contributed by atoms with E-state index in [2.05, 4.69) is 10.1 Å². The van der Waals surface area contributed by atoms with Gasteiger partial charge >= 0.3 is 12.1 Å². The van der Waals surface area contributed by atoms with Gasteiger partial charge < -0.3 is 19.4 Å². The zero-order chi connectivity index (χ0) is 21.6. The summed E-state index contributed by atoms with van der Waals surface area (Å²) < 4.78 is 48.3. The number of nitrogens with zero attached hydrogens (tertiary/aromatic N) is 1. The average molecular weight is 412 g/mol. The van der Waals surface area contributed by atoms with Crippen LogP contribution < -0.4 is 5.32 Å². The summed E-state index contributed by atoms with van der Waals surface area (Å²) in [6.45, 7) is 0.654. The van der Waals surface area contributed by atoms with E-state index in [9.17, 15) is 27.6 Å². The zero-order valence-electron chi connectivity index (χ0n) is 15.7. The molecule has 0 fully saturated rings. The molecule has 1 N–H and O–H groups in total. The Morgan fingerprint density at radius 2 is 1.93 bits per heavy atom. The molecule has 0 saturated carbocycles. The Balaban J connectivity index is 2.26. The number of rotatable bonds is 7. The van der Waals surface area contributed by atoms with E-state index in [0.717, 1.165) is 0 Å². The van der Waals surface area contributed by atoms with Crippen molar-refractivity contribution in [2.45, 2.75) is 20.0 Å². The molecule has 0 spiro atoms. The highest BCUT2D eigenvalue weighted by Gasteiger charge is 2.34. The normalized spacial score (nSPS) is 11.1. The highest BCUT2D eigenvalue weighted by atomic mass is 19.4. The highest BCUT2D eigenvalue weighted by molar-refractivity contribution is 6.04. The van der Waals surface area contributed by atoms with Gasteiger partial charge in [0.15, 0.2) is 5.76 Å². The van der Waals surface area contributed by atoms with Crippen LogP contribution in [0.1, 0.15) is 33.4 Å². The average Bonchev–Trinajstić information content (AvgIpc) is 3.16. The summed E-state index contributed by atoms with van der Waals surface area (Å²) in [4.78, 5) is 36.7. The van der Waals surface area contributed by atoms with Gasteiger partial charge in [0.1, 0.15) is 13.1 Å². The molecule has 2 rings (SSSR count). The number of nitrogens with one attached hydrogen (secondary N) is 1. The number of benzene rings is 1. The van der Waals surface area contributed by atoms with E-state index in [0.29, 0.717) is 10.5 Å². The number of alkyl halides is 3. The summed E-state index contributed by atoms with van der Waals surface area (Å²) in [6.07, 6.45) is -3.39. The first-order chi connectivity index (χ1) is 13.6. The fourth-order valence-corrected chi connectivity index (χ4v) is 2.44. The maximum Gasteiger partial charge on any atom is 0.406 e. The predicted molar refractivity (Wildman–Crippen MR) is 96.4 cm³/mol. The molecule has 10 heteroatoms. The molecule has 0 atom stereocenters. The molecule has 156 valence electrons. The molecule has 0 unspecified atom stereocenters. The van der Waals surface area contributed by atoms with Crippen LogP contribution in [0.3, 0.4) is 0 Å². The topological polar surface area (TPSA) is 88.9 Å². The lowest BCUT2D eigenvalue weighted by molar-refractivity contribution is -0.153. The number of carbonyl (C=O) groups is 3. The molecule has 0 saturated heterocycles. The summed E-state index contributed by atoms with van der Waals surface area (Å²) in [5.74, 6) is -2.53. The maximum absolute atomic E-state index is 12.9. The second-order valence-electron chi connectivity index (χ2n) is 6.04. The van der Waals surface area contributed by atoms with Crippen LogP contribution in [-0.2, 0) is 9.53 Å². The number of halogens is 3. The van der Waals surface area contributed by atoms with Gasteiger partial charge in [-0.2, -0.15) is 13.2 Å². The highest BCUT2D eigenvalue weighted by Crippen LogP contribution is 2.22. The van der Waals surface area contributed by atoms with Gasteiger partial charge in [0.25, 0.3) is 11.8 Å². The summed E-state index contributed by atoms with van der Waals surface area (Å²) in [7, 11) is 0. The number of furan rings is 1. The van der Waals surface area contributed by atoms with Gasteiger partial charge in [0.05, 0.1) is 12.9 Å². The fourth-order valence-electron chi connectivity index (χ4n) is 2.44. The summed E-state index contributed by atoms with van der Waals surface area (Å²) >= 11 is 0. The largest absolute Gasteiger partial charge is 0.465 e. The molecule has 1 aromatic carbocycles. The van der Waals surface area contributed by atoms with Crippen molar-refractivity contribution >= 4 is 23.5 Å². The number of ether oxygens (including phenoxy) is 1. The van der Waals surface area contributed by atoms with E-state index in [4.69, 9.17) is 4.42 Å². The van der Waals surface area contributed by atoms with Crippen LogP contribution in [0.2, 0.25) is 0 Å². The minimum absolute atomic E-state index is 0.0274. The van der Waals surface area contributed by atoms with Crippen molar-refractivity contribution in [1.82, 2.24) is 4.90 Å². The molecule has 0 aliphatic rings. The Kier molecular flexibility index (Phi) is 7.03. The van der Waals surface area contributed by atoms with Crippen LogP contribution >= 0.6 is 0 Å². The predicted octanol–water partition coefficient (Wildman–Crippen LogP) is 3.41. The van der Waals surface area contributed by atoms with Crippen molar-refractivity contribution in [3.05, 3.63) is 53.5 Å². The molecule has 2 aromatic rings. The SMILES string of the molecule is CCOC(=O)CN(CC(F)(F)F)C(=O)c1ccc(C)c(NC(=O)c2ccco2)c1. The molecule has 0 radical (unpaired) electrons. The van der Waals surface area contributed by atoms with Gasteiger partial charge in [-0.3, -0.25) is 14.4 Å². The number of amides is 2. The molecule has 0 bridgehead atoms. The number of anilines is 1.